The van der Waals surface area contributed by atoms with Crippen LogP contribution in [0.2, 0.25) is 0 Å². The maximum Gasteiger partial charge on any atom is 0.308 e. The highest BCUT2D eigenvalue weighted by Gasteiger charge is 2.58. The van der Waals surface area contributed by atoms with Crippen LogP contribution < -0.4 is 0 Å². The van der Waals surface area contributed by atoms with Crippen LogP contribution in [0.4, 0.5) is 0 Å². The summed E-state index contributed by atoms with van der Waals surface area (Å²) < 4.78 is 6.12. The van der Waals surface area contributed by atoms with E-state index in [-0.39, 0.29) is 34.6 Å². The first-order valence-corrected chi connectivity index (χ1v) is 14.0. The van der Waals surface area contributed by atoms with E-state index in [1.54, 1.807) is 0 Å². The largest absolute Gasteiger partial charge is 0.462 e. The zero-order chi connectivity index (χ0) is 24.6. The monoisotopic (exact) mass is 474 g/mol. The number of carbonyl (C=O) groups is 2. The van der Waals surface area contributed by atoms with E-state index in [4.69, 9.17) is 4.74 Å². The zero-order valence-corrected chi connectivity index (χ0v) is 21.6. The fourth-order valence-electron chi connectivity index (χ4n) is 7.94. The molecule has 35 heavy (non-hydrogen) atoms. The van der Waals surface area contributed by atoms with Gasteiger partial charge in [-0.25, -0.2) is 0 Å². The van der Waals surface area contributed by atoms with Crippen molar-refractivity contribution in [2.75, 3.05) is 0 Å². The molecule has 6 rings (SSSR count). The summed E-state index contributed by atoms with van der Waals surface area (Å²) in [5.41, 5.74) is 2.49. The number of benzene rings is 1. The Bertz CT molecular complexity index is 993. The maximum absolute atomic E-state index is 13.2. The summed E-state index contributed by atoms with van der Waals surface area (Å²) in [6.45, 7) is 8.56. The molecule has 3 heteroatoms. The average molecular weight is 475 g/mol. The summed E-state index contributed by atoms with van der Waals surface area (Å²) in [5.74, 6) is 1.38. The van der Waals surface area contributed by atoms with Crippen molar-refractivity contribution in [1.29, 1.82) is 0 Å². The van der Waals surface area contributed by atoms with Gasteiger partial charge in [0, 0.05) is 11.3 Å². The Morgan fingerprint density at radius 3 is 2.71 bits per heavy atom. The van der Waals surface area contributed by atoms with E-state index in [1.165, 1.54) is 30.4 Å². The van der Waals surface area contributed by atoms with Crippen molar-refractivity contribution in [1.82, 2.24) is 0 Å². The highest BCUT2D eigenvalue weighted by Crippen LogP contribution is 2.64. The third-order valence-corrected chi connectivity index (χ3v) is 10.1. The lowest BCUT2D eigenvalue weighted by Gasteiger charge is -2.59. The van der Waals surface area contributed by atoms with E-state index in [9.17, 15) is 9.59 Å². The molecule has 4 fully saturated rings. The van der Waals surface area contributed by atoms with E-state index >= 15 is 0 Å². The third-order valence-electron chi connectivity index (χ3n) is 10.1. The van der Waals surface area contributed by atoms with Gasteiger partial charge in [0.2, 0.25) is 0 Å². The molecule has 0 N–H and O–H groups in total. The average Bonchev–Trinajstić information content (AvgIpc) is 2.87. The first-order valence-electron chi connectivity index (χ1n) is 14.0. The SMILES string of the molecule is C=C1C[C@@]23C=CC(=O)[C@@](C)(CCC[C@H](C)C(=O)O[C@@H]4CCCC[C@H]4c4ccccc4)[C@@H]2C[C@@H]1CC3. The zero-order valence-electron chi connectivity index (χ0n) is 21.6. The molecule has 5 aliphatic carbocycles. The highest BCUT2D eigenvalue weighted by molar-refractivity contribution is 5.96. The summed E-state index contributed by atoms with van der Waals surface area (Å²) in [6.07, 6.45) is 15.5. The Morgan fingerprint density at radius 2 is 1.94 bits per heavy atom. The summed E-state index contributed by atoms with van der Waals surface area (Å²) in [5, 5.41) is 0. The first-order chi connectivity index (χ1) is 16.8. The number of ketones is 1. The topological polar surface area (TPSA) is 43.4 Å². The number of hydrogen-bond acceptors (Lipinski definition) is 3. The maximum atomic E-state index is 13.2. The Morgan fingerprint density at radius 1 is 1.17 bits per heavy atom. The molecule has 4 saturated carbocycles. The summed E-state index contributed by atoms with van der Waals surface area (Å²) in [4.78, 5) is 26.2. The van der Waals surface area contributed by atoms with Gasteiger partial charge in [-0.3, -0.25) is 9.59 Å². The van der Waals surface area contributed by atoms with Gasteiger partial charge < -0.3 is 4.74 Å². The normalized spacial score (nSPS) is 37.1. The molecule has 188 valence electrons. The van der Waals surface area contributed by atoms with E-state index in [2.05, 4.69) is 43.8 Å². The van der Waals surface area contributed by atoms with Crippen LogP contribution in [-0.4, -0.2) is 17.9 Å². The Labute approximate surface area is 211 Å². The van der Waals surface area contributed by atoms with Gasteiger partial charge >= 0.3 is 5.97 Å². The van der Waals surface area contributed by atoms with Crippen LogP contribution in [0.15, 0.2) is 54.6 Å². The molecule has 5 aliphatic rings. The van der Waals surface area contributed by atoms with Crippen molar-refractivity contribution < 1.29 is 14.3 Å². The molecule has 2 bridgehead atoms. The molecule has 1 aromatic rings. The number of carbonyl (C=O) groups excluding carboxylic acids is 2. The van der Waals surface area contributed by atoms with Gasteiger partial charge in [0.15, 0.2) is 5.78 Å². The second-order valence-electron chi connectivity index (χ2n) is 12.3. The third kappa shape index (κ3) is 4.56. The Balaban J connectivity index is 1.18. The number of allylic oxidation sites excluding steroid dienone is 3. The van der Waals surface area contributed by atoms with Gasteiger partial charge in [0.25, 0.3) is 0 Å². The standard InChI is InChI=1S/C32H42O3/c1-22(30(34)35-27-14-8-7-13-26(27)24-11-5-4-6-12-24)10-9-17-31(3)28-20-25-15-18-32(28,21-23(25)2)19-16-29(31)33/h4-6,11-12,16,19,22,25-28H,2,7-10,13-15,17-18,20-21H2,1,3H3/t22-,25-,26-,27+,28-,31-,32+/m0/s1. The second kappa shape index (κ2) is 9.71. The smallest absolute Gasteiger partial charge is 0.308 e. The Hall–Kier alpha value is -2.16. The quantitative estimate of drug-likeness (QED) is 0.302. The molecule has 0 amide bonds. The van der Waals surface area contributed by atoms with Crippen molar-refractivity contribution >= 4 is 11.8 Å². The second-order valence-corrected chi connectivity index (χ2v) is 12.3. The molecule has 1 aromatic carbocycles. The number of esters is 1. The molecule has 0 aromatic heterocycles. The summed E-state index contributed by atoms with van der Waals surface area (Å²) in [6, 6.07) is 10.5. The minimum Gasteiger partial charge on any atom is -0.462 e. The van der Waals surface area contributed by atoms with Crippen LogP contribution in [-0.2, 0) is 14.3 Å². The number of fused-ring (bicyclic) bond motifs is 2. The van der Waals surface area contributed by atoms with Gasteiger partial charge in [-0.2, -0.15) is 0 Å². The van der Waals surface area contributed by atoms with Crippen molar-refractivity contribution in [2.24, 2.45) is 28.6 Å². The predicted octanol–water partition coefficient (Wildman–Crippen LogP) is 7.57. The molecule has 1 spiro atoms. The van der Waals surface area contributed by atoms with Gasteiger partial charge in [-0.15, -0.1) is 0 Å². The van der Waals surface area contributed by atoms with Gasteiger partial charge in [0.1, 0.15) is 6.10 Å². The van der Waals surface area contributed by atoms with Crippen LogP contribution in [0.5, 0.6) is 0 Å². The molecule has 7 atom stereocenters. The van der Waals surface area contributed by atoms with Crippen molar-refractivity contribution in [3.63, 3.8) is 0 Å². The fourth-order valence-corrected chi connectivity index (χ4v) is 7.94. The van der Waals surface area contributed by atoms with E-state index in [1.807, 2.05) is 19.1 Å². The van der Waals surface area contributed by atoms with Crippen molar-refractivity contribution in [3.05, 3.63) is 60.2 Å². The van der Waals surface area contributed by atoms with Crippen molar-refractivity contribution in [3.8, 4) is 0 Å². The number of rotatable bonds is 7. The van der Waals surface area contributed by atoms with Crippen LogP contribution >= 0.6 is 0 Å². The van der Waals surface area contributed by atoms with Gasteiger partial charge in [-0.1, -0.05) is 75.2 Å². The number of ether oxygens (including phenoxy) is 1. The van der Waals surface area contributed by atoms with Crippen LogP contribution in [0.3, 0.4) is 0 Å². The predicted molar refractivity (Wildman–Crippen MR) is 140 cm³/mol. The molecular weight excluding hydrogens is 432 g/mol. The minimum atomic E-state index is -0.320. The summed E-state index contributed by atoms with van der Waals surface area (Å²) in [7, 11) is 0. The lowest BCUT2D eigenvalue weighted by molar-refractivity contribution is -0.156. The van der Waals surface area contributed by atoms with Crippen molar-refractivity contribution in [2.45, 2.75) is 96.5 Å². The first kappa shape index (κ1) is 24.5. The summed E-state index contributed by atoms with van der Waals surface area (Å²) >= 11 is 0. The molecule has 0 radical (unpaired) electrons. The van der Waals surface area contributed by atoms with E-state index < -0.39 is 0 Å². The molecule has 3 nitrogen and oxygen atoms in total. The molecule has 0 heterocycles. The lowest BCUT2D eigenvalue weighted by atomic mass is 9.44. The van der Waals surface area contributed by atoms with Crippen LogP contribution in [0.25, 0.3) is 0 Å². The lowest BCUT2D eigenvalue weighted by Crippen LogP contribution is -2.53. The number of hydrogen-bond donors (Lipinski definition) is 0. The molecule has 0 unspecified atom stereocenters. The van der Waals surface area contributed by atoms with E-state index in [0.29, 0.717) is 17.8 Å². The van der Waals surface area contributed by atoms with Gasteiger partial charge in [0.05, 0.1) is 5.92 Å². The molecular formula is C32H42O3. The minimum absolute atomic E-state index is 0.0191. The van der Waals surface area contributed by atoms with Gasteiger partial charge in [-0.05, 0) is 86.7 Å². The molecule has 0 saturated heterocycles. The fraction of sp³-hybridized carbons (Fsp3) is 0.625. The molecule has 0 aliphatic heterocycles. The van der Waals surface area contributed by atoms with Crippen LogP contribution in [0.1, 0.15) is 96.0 Å². The Kier molecular flexibility index (Phi) is 6.81. The van der Waals surface area contributed by atoms with E-state index in [0.717, 1.165) is 51.4 Å². The van der Waals surface area contributed by atoms with Crippen LogP contribution in [0, 0.1) is 28.6 Å². The highest BCUT2D eigenvalue weighted by atomic mass is 16.5.